The predicted molar refractivity (Wildman–Crippen MR) is 79.1 cm³/mol. The van der Waals surface area contributed by atoms with Gasteiger partial charge >= 0.3 is 11.9 Å². The Balaban J connectivity index is 4.14. The van der Waals surface area contributed by atoms with Crippen LogP contribution in [0.15, 0.2) is 24.3 Å². The lowest BCUT2D eigenvalue weighted by Gasteiger charge is -2.16. The van der Waals surface area contributed by atoms with Gasteiger partial charge in [-0.1, -0.05) is 25.2 Å². The maximum atomic E-state index is 11.1. The Morgan fingerprint density at radius 3 is 2.35 bits per heavy atom. The summed E-state index contributed by atoms with van der Waals surface area (Å²) in [5.74, 6) is 0.0465. The summed E-state index contributed by atoms with van der Waals surface area (Å²) in [7, 11) is 1.36. The van der Waals surface area contributed by atoms with E-state index < -0.39 is 0 Å². The number of carbonyl (C=O) groups is 2. The maximum Gasteiger partial charge on any atom is 0.330 e. The fraction of sp³-hybridized carbons (Fsp3) is 0.625. The highest BCUT2D eigenvalue weighted by Crippen LogP contribution is 2.21. The van der Waals surface area contributed by atoms with Crippen LogP contribution in [0.1, 0.15) is 40.0 Å². The van der Waals surface area contributed by atoms with Gasteiger partial charge in [0, 0.05) is 13.0 Å². The second kappa shape index (κ2) is 10.2. The molecule has 4 heteroatoms. The van der Waals surface area contributed by atoms with Gasteiger partial charge in [0.2, 0.25) is 0 Å². The lowest BCUT2D eigenvalue weighted by atomic mass is 9.91. The van der Waals surface area contributed by atoms with Crippen molar-refractivity contribution in [3.05, 3.63) is 24.3 Å². The first-order valence-corrected chi connectivity index (χ1v) is 6.91. The number of carbonyl (C=O) groups excluding carboxylic acids is 2. The average molecular weight is 282 g/mol. The molecular weight excluding hydrogens is 256 g/mol. The fourth-order valence-electron chi connectivity index (χ4n) is 1.78. The van der Waals surface area contributed by atoms with Gasteiger partial charge in [-0.3, -0.25) is 4.79 Å². The number of hydrogen-bond donors (Lipinski definition) is 0. The standard InChI is InChI=1S/C16H26O4/c1-12(2)15(8-9-16(18)19-5)7-6-13(3)10-11-20-14(4)17/h8-9,13,15H,1,6-7,10-11H2,2-5H3/b9-8+. The molecule has 0 aromatic heterocycles. The molecule has 0 aliphatic carbocycles. The average Bonchev–Trinajstić information content (AvgIpc) is 2.37. The highest BCUT2D eigenvalue weighted by molar-refractivity contribution is 5.81. The molecule has 0 bridgehead atoms. The molecule has 0 heterocycles. The van der Waals surface area contributed by atoms with Gasteiger partial charge in [0.1, 0.15) is 0 Å². The van der Waals surface area contributed by atoms with E-state index in [1.165, 1.54) is 20.1 Å². The summed E-state index contributed by atoms with van der Waals surface area (Å²) in [5.41, 5.74) is 1.03. The quantitative estimate of drug-likeness (QED) is 0.370. The van der Waals surface area contributed by atoms with E-state index in [4.69, 9.17) is 4.74 Å². The van der Waals surface area contributed by atoms with Gasteiger partial charge in [0.15, 0.2) is 0 Å². The fourth-order valence-corrected chi connectivity index (χ4v) is 1.78. The third kappa shape index (κ3) is 9.36. The summed E-state index contributed by atoms with van der Waals surface area (Å²) in [6.45, 7) is 9.91. The number of methoxy groups -OCH3 is 1. The SMILES string of the molecule is C=C(C)C(/C=C/C(=O)OC)CCC(C)CCOC(C)=O. The maximum absolute atomic E-state index is 11.1. The molecule has 4 nitrogen and oxygen atoms in total. The molecule has 0 amide bonds. The Kier molecular flexibility index (Phi) is 9.43. The molecule has 0 aromatic carbocycles. The van der Waals surface area contributed by atoms with E-state index >= 15 is 0 Å². The van der Waals surface area contributed by atoms with Crippen molar-refractivity contribution in [3.63, 3.8) is 0 Å². The molecule has 114 valence electrons. The van der Waals surface area contributed by atoms with E-state index in [1.807, 2.05) is 13.0 Å². The smallest absolute Gasteiger partial charge is 0.330 e. The third-order valence-corrected chi connectivity index (χ3v) is 3.19. The molecule has 0 saturated heterocycles. The molecule has 20 heavy (non-hydrogen) atoms. The lowest BCUT2D eigenvalue weighted by molar-refractivity contribution is -0.141. The molecule has 0 aliphatic heterocycles. The Morgan fingerprint density at radius 1 is 1.20 bits per heavy atom. The van der Waals surface area contributed by atoms with E-state index in [0.29, 0.717) is 12.5 Å². The van der Waals surface area contributed by atoms with Gasteiger partial charge in [-0.05, 0) is 38.0 Å². The summed E-state index contributed by atoms with van der Waals surface area (Å²) >= 11 is 0. The number of ether oxygens (including phenoxy) is 2. The molecule has 0 N–H and O–H groups in total. The van der Waals surface area contributed by atoms with Crippen molar-refractivity contribution in [2.45, 2.75) is 40.0 Å². The largest absolute Gasteiger partial charge is 0.466 e. The molecule has 0 rings (SSSR count). The zero-order valence-corrected chi connectivity index (χ0v) is 13.0. The number of allylic oxidation sites excluding steroid dienone is 2. The third-order valence-electron chi connectivity index (χ3n) is 3.19. The zero-order valence-electron chi connectivity index (χ0n) is 13.0. The highest BCUT2D eigenvalue weighted by atomic mass is 16.5. The summed E-state index contributed by atoms with van der Waals surface area (Å²) in [5, 5.41) is 0. The number of esters is 2. The van der Waals surface area contributed by atoms with Crippen LogP contribution < -0.4 is 0 Å². The first kappa shape index (κ1) is 18.4. The Labute approximate surface area is 121 Å². The molecule has 0 spiro atoms. The summed E-state index contributed by atoms with van der Waals surface area (Å²) in [6, 6.07) is 0. The molecule has 0 fully saturated rings. The predicted octanol–water partition coefficient (Wildman–Crippen LogP) is 3.28. The van der Waals surface area contributed by atoms with Gasteiger partial charge in [-0.25, -0.2) is 4.79 Å². The first-order valence-electron chi connectivity index (χ1n) is 6.91. The second-order valence-electron chi connectivity index (χ2n) is 5.15. The van der Waals surface area contributed by atoms with Gasteiger partial charge < -0.3 is 9.47 Å². The minimum atomic E-state index is -0.348. The number of rotatable bonds is 9. The zero-order chi connectivity index (χ0) is 15.5. The van der Waals surface area contributed by atoms with Gasteiger partial charge in [0.05, 0.1) is 13.7 Å². The van der Waals surface area contributed by atoms with Crippen LogP contribution in [0, 0.1) is 11.8 Å². The molecular formula is C16H26O4. The second-order valence-corrected chi connectivity index (χ2v) is 5.15. The van der Waals surface area contributed by atoms with Gasteiger partial charge in [-0.2, -0.15) is 0 Å². The lowest BCUT2D eigenvalue weighted by Crippen LogP contribution is -2.08. The minimum Gasteiger partial charge on any atom is -0.466 e. The van der Waals surface area contributed by atoms with Gasteiger partial charge in [0.25, 0.3) is 0 Å². The first-order chi connectivity index (χ1) is 9.36. The van der Waals surface area contributed by atoms with Gasteiger partial charge in [-0.15, -0.1) is 0 Å². The molecule has 0 radical (unpaired) electrons. The van der Waals surface area contributed by atoms with Crippen molar-refractivity contribution < 1.29 is 19.1 Å². The molecule has 2 unspecified atom stereocenters. The highest BCUT2D eigenvalue weighted by Gasteiger charge is 2.10. The van der Waals surface area contributed by atoms with Crippen molar-refractivity contribution in [3.8, 4) is 0 Å². The van der Waals surface area contributed by atoms with Crippen molar-refractivity contribution >= 4 is 11.9 Å². The van der Waals surface area contributed by atoms with E-state index in [-0.39, 0.29) is 17.9 Å². The minimum absolute atomic E-state index is 0.172. The van der Waals surface area contributed by atoms with Crippen LogP contribution in [0.2, 0.25) is 0 Å². The van der Waals surface area contributed by atoms with Crippen LogP contribution in [0.5, 0.6) is 0 Å². The van der Waals surface area contributed by atoms with E-state index in [0.717, 1.165) is 24.8 Å². The van der Waals surface area contributed by atoms with Crippen LogP contribution in [-0.4, -0.2) is 25.7 Å². The summed E-state index contributed by atoms with van der Waals surface area (Å²) in [4.78, 5) is 21.8. The Morgan fingerprint density at radius 2 is 1.85 bits per heavy atom. The molecule has 0 aliphatic rings. The van der Waals surface area contributed by atoms with Crippen LogP contribution in [0.25, 0.3) is 0 Å². The van der Waals surface area contributed by atoms with Crippen LogP contribution in [0.3, 0.4) is 0 Å². The van der Waals surface area contributed by atoms with E-state index in [9.17, 15) is 9.59 Å². The summed E-state index contributed by atoms with van der Waals surface area (Å²) in [6.07, 6.45) is 6.05. The number of hydrogen-bond acceptors (Lipinski definition) is 4. The molecule has 0 saturated carbocycles. The van der Waals surface area contributed by atoms with Crippen molar-refractivity contribution in [2.75, 3.05) is 13.7 Å². The van der Waals surface area contributed by atoms with E-state index in [1.54, 1.807) is 0 Å². The Hall–Kier alpha value is -1.58. The summed E-state index contributed by atoms with van der Waals surface area (Å²) < 4.78 is 9.51. The monoisotopic (exact) mass is 282 g/mol. The van der Waals surface area contributed by atoms with Crippen LogP contribution in [0.4, 0.5) is 0 Å². The van der Waals surface area contributed by atoms with E-state index in [2.05, 4.69) is 18.2 Å². The van der Waals surface area contributed by atoms with Crippen molar-refractivity contribution in [2.24, 2.45) is 11.8 Å². The molecule has 0 aromatic rings. The topological polar surface area (TPSA) is 52.6 Å². The normalized spacial score (nSPS) is 13.8. The van der Waals surface area contributed by atoms with Crippen molar-refractivity contribution in [1.82, 2.24) is 0 Å². The Bertz CT molecular complexity index is 357. The van der Waals surface area contributed by atoms with Crippen LogP contribution >= 0.6 is 0 Å². The van der Waals surface area contributed by atoms with Crippen LogP contribution in [-0.2, 0) is 19.1 Å². The molecule has 2 atom stereocenters. The van der Waals surface area contributed by atoms with Crippen molar-refractivity contribution in [1.29, 1.82) is 0 Å².